The van der Waals surface area contributed by atoms with Gasteiger partial charge in [0.15, 0.2) is 5.01 Å². The fraction of sp³-hybridized carbons (Fsp3) is 0.308. The largest absolute Gasteiger partial charge is 0.320 e. The first-order chi connectivity index (χ1) is 9.70. The molecule has 2 aromatic rings. The smallest absolute Gasteiger partial charge is 0.226 e. The molecule has 0 unspecified atom stereocenters. The van der Waals surface area contributed by atoms with Gasteiger partial charge in [0.05, 0.1) is 5.02 Å². The minimum Gasteiger partial charge on any atom is -0.320 e. The molecule has 0 atom stereocenters. The number of amides is 1. The lowest BCUT2D eigenvalue weighted by atomic mass is 10.2. The number of halogens is 2. The molecule has 2 rings (SSSR count). The van der Waals surface area contributed by atoms with Gasteiger partial charge in [-0.3, -0.25) is 4.79 Å². The van der Waals surface area contributed by atoms with Crippen molar-refractivity contribution < 1.29 is 4.79 Å². The SMILES string of the molecule is CNCCCC(=O)Nc1nnc(-c2ccccc2Cl)s1.Cl. The van der Waals surface area contributed by atoms with E-state index in [1.54, 1.807) is 6.07 Å². The van der Waals surface area contributed by atoms with Crippen molar-refractivity contribution in [2.24, 2.45) is 0 Å². The Morgan fingerprint density at radius 1 is 1.33 bits per heavy atom. The highest BCUT2D eigenvalue weighted by atomic mass is 35.5. The highest BCUT2D eigenvalue weighted by Gasteiger charge is 2.11. The lowest BCUT2D eigenvalue weighted by molar-refractivity contribution is -0.116. The summed E-state index contributed by atoms with van der Waals surface area (Å²) in [5.74, 6) is -0.0536. The second kappa shape index (κ2) is 8.94. The first-order valence-electron chi connectivity index (χ1n) is 6.23. The molecule has 0 bridgehead atoms. The zero-order valence-electron chi connectivity index (χ0n) is 11.4. The maximum atomic E-state index is 11.7. The van der Waals surface area contributed by atoms with Crippen molar-refractivity contribution in [2.75, 3.05) is 18.9 Å². The maximum absolute atomic E-state index is 11.7. The van der Waals surface area contributed by atoms with Crippen LogP contribution < -0.4 is 10.6 Å². The van der Waals surface area contributed by atoms with E-state index in [2.05, 4.69) is 20.8 Å². The van der Waals surface area contributed by atoms with Crippen LogP contribution in [0.3, 0.4) is 0 Å². The maximum Gasteiger partial charge on any atom is 0.226 e. The Kier molecular flexibility index (Phi) is 7.60. The van der Waals surface area contributed by atoms with Gasteiger partial charge in [-0.1, -0.05) is 41.1 Å². The fourth-order valence-corrected chi connectivity index (χ4v) is 2.71. The summed E-state index contributed by atoms with van der Waals surface area (Å²) in [6.45, 7) is 0.814. The van der Waals surface area contributed by atoms with Gasteiger partial charge in [0, 0.05) is 12.0 Å². The van der Waals surface area contributed by atoms with Crippen LogP contribution in [-0.4, -0.2) is 29.7 Å². The number of carbonyl (C=O) groups is 1. The molecular formula is C13H16Cl2N4OS. The Labute approximate surface area is 138 Å². The number of aromatic nitrogens is 2. The molecule has 0 saturated carbocycles. The molecular weight excluding hydrogens is 331 g/mol. The third kappa shape index (κ3) is 5.24. The number of anilines is 1. The van der Waals surface area contributed by atoms with Crippen molar-refractivity contribution in [1.82, 2.24) is 15.5 Å². The van der Waals surface area contributed by atoms with Gasteiger partial charge in [0.1, 0.15) is 0 Å². The number of nitrogens with one attached hydrogen (secondary N) is 2. The summed E-state index contributed by atoms with van der Waals surface area (Å²) in [5.41, 5.74) is 0.822. The van der Waals surface area contributed by atoms with Crippen molar-refractivity contribution in [3.8, 4) is 10.6 Å². The molecule has 0 spiro atoms. The topological polar surface area (TPSA) is 66.9 Å². The Morgan fingerprint density at radius 3 is 2.81 bits per heavy atom. The molecule has 0 fully saturated rings. The van der Waals surface area contributed by atoms with Crippen LogP contribution in [0.2, 0.25) is 5.02 Å². The molecule has 1 aromatic heterocycles. The van der Waals surface area contributed by atoms with Crippen molar-refractivity contribution in [2.45, 2.75) is 12.8 Å². The van der Waals surface area contributed by atoms with Crippen LogP contribution in [0.5, 0.6) is 0 Å². The molecule has 0 aliphatic carbocycles. The highest BCUT2D eigenvalue weighted by molar-refractivity contribution is 7.18. The molecule has 2 N–H and O–H groups in total. The van der Waals surface area contributed by atoms with E-state index in [1.807, 2.05) is 25.2 Å². The average molecular weight is 347 g/mol. The van der Waals surface area contributed by atoms with E-state index in [0.717, 1.165) is 18.5 Å². The Hall–Kier alpha value is -1.21. The molecule has 0 saturated heterocycles. The molecule has 21 heavy (non-hydrogen) atoms. The van der Waals surface area contributed by atoms with Crippen molar-refractivity contribution >= 4 is 46.4 Å². The van der Waals surface area contributed by atoms with E-state index in [0.29, 0.717) is 21.6 Å². The summed E-state index contributed by atoms with van der Waals surface area (Å²) in [6.07, 6.45) is 1.25. The Morgan fingerprint density at radius 2 is 2.10 bits per heavy atom. The summed E-state index contributed by atoms with van der Waals surface area (Å²) in [4.78, 5) is 11.7. The van der Waals surface area contributed by atoms with E-state index in [-0.39, 0.29) is 18.3 Å². The number of rotatable bonds is 6. The van der Waals surface area contributed by atoms with Crippen LogP contribution in [0.25, 0.3) is 10.6 Å². The standard InChI is InChI=1S/C13H15ClN4OS.ClH/c1-15-8-4-7-11(19)16-13-18-17-12(20-13)9-5-2-3-6-10(9)14;/h2-3,5-6,15H,4,7-8H2,1H3,(H,16,18,19);1H. The van der Waals surface area contributed by atoms with Crippen LogP contribution >= 0.6 is 35.3 Å². The molecule has 0 radical (unpaired) electrons. The van der Waals surface area contributed by atoms with Gasteiger partial charge in [-0.25, -0.2) is 0 Å². The number of benzene rings is 1. The Balaban J connectivity index is 0.00000220. The van der Waals surface area contributed by atoms with Crippen LogP contribution in [0.4, 0.5) is 5.13 Å². The Bertz CT molecular complexity index is 591. The number of hydrogen-bond acceptors (Lipinski definition) is 5. The third-order valence-corrected chi connectivity index (χ3v) is 3.81. The minimum absolute atomic E-state index is 0. The molecule has 1 heterocycles. The minimum atomic E-state index is -0.0536. The first kappa shape index (κ1) is 17.8. The van der Waals surface area contributed by atoms with Crippen molar-refractivity contribution in [3.05, 3.63) is 29.3 Å². The van der Waals surface area contributed by atoms with Crippen molar-refractivity contribution in [3.63, 3.8) is 0 Å². The van der Waals surface area contributed by atoms with Gasteiger partial charge in [-0.15, -0.1) is 22.6 Å². The van der Waals surface area contributed by atoms with Crippen molar-refractivity contribution in [1.29, 1.82) is 0 Å². The third-order valence-electron chi connectivity index (χ3n) is 2.61. The van der Waals surface area contributed by atoms with Crippen LogP contribution in [0.15, 0.2) is 24.3 Å². The zero-order chi connectivity index (χ0) is 14.4. The van der Waals surface area contributed by atoms with Gasteiger partial charge in [-0.2, -0.15) is 0 Å². The first-order valence-corrected chi connectivity index (χ1v) is 7.43. The van der Waals surface area contributed by atoms with Gasteiger partial charge in [-0.05, 0) is 26.1 Å². The molecule has 5 nitrogen and oxygen atoms in total. The van der Waals surface area contributed by atoms with Gasteiger partial charge < -0.3 is 10.6 Å². The predicted octanol–water partition coefficient (Wildman–Crippen LogP) is 3.22. The van der Waals surface area contributed by atoms with Gasteiger partial charge in [0.2, 0.25) is 11.0 Å². The predicted molar refractivity (Wildman–Crippen MR) is 89.4 cm³/mol. The van der Waals surface area contributed by atoms with Crippen LogP contribution in [0, 0.1) is 0 Å². The second-order valence-corrected chi connectivity index (χ2v) is 5.53. The van der Waals surface area contributed by atoms with E-state index in [4.69, 9.17) is 11.6 Å². The summed E-state index contributed by atoms with van der Waals surface area (Å²) >= 11 is 7.42. The lowest BCUT2D eigenvalue weighted by Gasteiger charge is -2.00. The molecule has 0 aliphatic rings. The number of nitrogens with zero attached hydrogens (tertiary/aromatic N) is 2. The van der Waals surface area contributed by atoms with E-state index in [1.165, 1.54) is 11.3 Å². The molecule has 1 amide bonds. The van der Waals surface area contributed by atoms with Crippen LogP contribution in [-0.2, 0) is 4.79 Å². The fourth-order valence-electron chi connectivity index (χ4n) is 1.62. The molecule has 0 aliphatic heterocycles. The van der Waals surface area contributed by atoms with E-state index < -0.39 is 0 Å². The lowest BCUT2D eigenvalue weighted by Crippen LogP contribution is -2.15. The number of carbonyl (C=O) groups excluding carboxylic acids is 1. The normalized spacial score (nSPS) is 10.0. The molecule has 8 heteroatoms. The summed E-state index contributed by atoms with van der Waals surface area (Å²) in [6, 6.07) is 7.42. The molecule has 1 aromatic carbocycles. The van der Waals surface area contributed by atoms with E-state index in [9.17, 15) is 4.79 Å². The summed E-state index contributed by atoms with van der Waals surface area (Å²) in [7, 11) is 1.86. The highest BCUT2D eigenvalue weighted by Crippen LogP contribution is 2.31. The summed E-state index contributed by atoms with van der Waals surface area (Å²) in [5, 5.41) is 15.6. The number of hydrogen-bond donors (Lipinski definition) is 2. The molecule has 114 valence electrons. The van der Waals surface area contributed by atoms with Crippen LogP contribution in [0.1, 0.15) is 12.8 Å². The monoisotopic (exact) mass is 346 g/mol. The quantitative estimate of drug-likeness (QED) is 0.788. The summed E-state index contributed by atoms with van der Waals surface area (Å²) < 4.78 is 0. The zero-order valence-corrected chi connectivity index (χ0v) is 13.8. The average Bonchev–Trinajstić information content (AvgIpc) is 2.88. The van der Waals surface area contributed by atoms with Gasteiger partial charge >= 0.3 is 0 Å². The van der Waals surface area contributed by atoms with E-state index >= 15 is 0 Å². The second-order valence-electron chi connectivity index (χ2n) is 4.15. The van der Waals surface area contributed by atoms with Gasteiger partial charge in [0.25, 0.3) is 0 Å².